The Morgan fingerprint density at radius 1 is 1.15 bits per heavy atom. The highest BCUT2D eigenvalue weighted by atomic mass is 35.5. The number of halogens is 1. The number of para-hydroxylation sites is 1. The molecule has 1 aromatic heterocycles. The molecule has 0 aliphatic rings. The zero-order chi connectivity index (χ0) is 19.2. The number of benzene rings is 2. The Labute approximate surface area is 160 Å². The van der Waals surface area contributed by atoms with Gasteiger partial charge in [0.2, 0.25) is 0 Å². The van der Waals surface area contributed by atoms with Crippen LogP contribution in [0, 0.1) is 11.3 Å². The molecule has 3 aromatic rings. The van der Waals surface area contributed by atoms with Gasteiger partial charge in [0.25, 0.3) is 5.91 Å². The Hall–Kier alpha value is -3.63. The Morgan fingerprint density at radius 2 is 1.96 bits per heavy atom. The van der Waals surface area contributed by atoms with E-state index in [0.717, 1.165) is 0 Å². The van der Waals surface area contributed by atoms with Crippen molar-refractivity contribution in [3.8, 4) is 11.8 Å². The first-order valence-corrected chi connectivity index (χ1v) is 8.21. The van der Waals surface area contributed by atoms with Crippen molar-refractivity contribution in [3.63, 3.8) is 0 Å². The van der Waals surface area contributed by atoms with E-state index in [1.807, 2.05) is 6.07 Å². The lowest BCUT2D eigenvalue weighted by atomic mass is 10.2. The van der Waals surface area contributed by atoms with Crippen LogP contribution in [0.2, 0.25) is 5.02 Å². The summed E-state index contributed by atoms with van der Waals surface area (Å²) in [7, 11) is 1.55. The maximum atomic E-state index is 12.3. The quantitative estimate of drug-likeness (QED) is 0.694. The lowest BCUT2D eigenvalue weighted by Crippen LogP contribution is -2.15. The topological polar surface area (TPSA) is 99.9 Å². The highest BCUT2D eigenvalue weighted by Gasteiger charge is 2.11. The van der Waals surface area contributed by atoms with Gasteiger partial charge in [-0.25, -0.2) is 9.97 Å². The van der Waals surface area contributed by atoms with E-state index >= 15 is 0 Å². The predicted molar refractivity (Wildman–Crippen MR) is 102 cm³/mol. The van der Waals surface area contributed by atoms with E-state index in [9.17, 15) is 4.79 Å². The van der Waals surface area contributed by atoms with Gasteiger partial charge in [0.15, 0.2) is 0 Å². The molecule has 7 nitrogen and oxygen atoms in total. The zero-order valence-corrected chi connectivity index (χ0v) is 15.0. The van der Waals surface area contributed by atoms with E-state index < -0.39 is 5.91 Å². The maximum absolute atomic E-state index is 12.3. The lowest BCUT2D eigenvalue weighted by Gasteiger charge is -2.11. The van der Waals surface area contributed by atoms with Crippen LogP contribution >= 0.6 is 11.6 Å². The third-order valence-electron chi connectivity index (χ3n) is 3.60. The van der Waals surface area contributed by atoms with Crippen LogP contribution in [-0.4, -0.2) is 23.0 Å². The molecule has 3 rings (SSSR count). The van der Waals surface area contributed by atoms with E-state index in [4.69, 9.17) is 21.6 Å². The van der Waals surface area contributed by atoms with Gasteiger partial charge >= 0.3 is 0 Å². The SMILES string of the molecule is COc1ccc(Cl)cc1Nc1cnc(C(=O)Nc2ccccc2C#N)cn1. The molecular weight excluding hydrogens is 366 g/mol. The molecule has 1 amide bonds. The first-order valence-electron chi connectivity index (χ1n) is 7.84. The lowest BCUT2D eigenvalue weighted by molar-refractivity contribution is 0.102. The van der Waals surface area contributed by atoms with Crippen LogP contribution in [0.4, 0.5) is 17.2 Å². The number of hydrogen-bond acceptors (Lipinski definition) is 6. The van der Waals surface area contributed by atoms with Gasteiger partial charge < -0.3 is 15.4 Å². The number of carbonyl (C=O) groups excluding carboxylic acids is 1. The average Bonchev–Trinajstić information content (AvgIpc) is 2.69. The predicted octanol–water partition coefficient (Wildman–Crippen LogP) is 4.01. The molecule has 0 bridgehead atoms. The Balaban J connectivity index is 1.75. The zero-order valence-electron chi connectivity index (χ0n) is 14.2. The standard InChI is InChI=1S/C19H14ClN5O2/c1-27-17-7-6-13(20)8-15(17)24-18-11-22-16(10-23-18)19(26)25-14-5-3-2-4-12(14)9-21/h2-8,10-11H,1H3,(H,23,24)(H,25,26). The molecule has 2 N–H and O–H groups in total. The molecule has 0 unspecified atom stereocenters. The van der Waals surface area contributed by atoms with Crippen molar-refractivity contribution in [2.24, 2.45) is 0 Å². The number of rotatable bonds is 5. The van der Waals surface area contributed by atoms with Crippen LogP contribution in [0.25, 0.3) is 0 Å². The van der Waals surface area contributed by atoms with Gasteiger partial charge in [0.05, 0.1) is 36.4 Å². The largest absolute Gasteiger partial charge is 0.495 e. The second kappa shape index (κ2) is 8.17. The van der Waals surface area contributed by atoms with Crippen LogP contribution in [0.15, 0.2) is 54.9 Å². The minimum atomic E-state index is -0.461. The molecule has 0 fully saturated rings. The van der Waals surface area contributed by atoms with E-state index in [2.05, 4.69) is 20.6 Å². The molecule has 0 saturated heterocycles. The fourth-order valence-corrected chi connectivity index (χ4v) is 2.47. The number of nitriles is 1. The molecule has 27 heavy (non-hydrogen) atoms. The smallest absolute Gasteiger partial charge is 0.275 e. The van der Waals surface area contributed by atoms with Crippen molar-refractivity contribution in [1.82, 2.24) is 9.97 Å². The summed E-state index contributed by atoms with van der Waals surface area (Å²) in [4.78, 5) is 20.6. The van der Waals surface area contributed by atoms with Crippen molar-refractivity contribution < 1.29 is 9.53 Å². The molecule has 2 aromatic carbocycles. The number of nitrogens with one attached hydrogen (secondary N) is 2. The molecule has 8 heteroatoms. The number of ether oxygens (including phenoxy) is 1. The second-order valence-corrected chi connectivity index (χ2v) is 5.80. The Morgan fingerprint density at radius 3 is 2.67 bits per heavy atom. The van der Waals surface area contributed by atoms with Gasteiger partial charge in [-0.3, -0.25) is 4.79 Å². The first kappa shape index (κ1) is 18.2. The number of carbonyl (C=O) groups is 1. The van der Waals surface area contributed by atoms with Crippen LogP contribution in [-0.2, 0) is 0 Å². The third kappa shape index (κ3) is 4.32. The first-order chi connectivity index (χ1) is 13.1. The van der Waals surface area contributed by atoms with E-state index in [0.29, 0.717) is 33.5 Å². The fraction of sp³-hybridized carbons (Fsp3) is 0.0526. The fourth-order valence-electron chi connectivity index (χ4n) is 2.30. The van der Waals surface area contributed by atoms with E-state index in [1.165, 1.54) is 12.4 Å². The third-order valence-corrected chi connectivity index (χ3v) is 3.84. The Kier molecular flexibility index (Phi) is 5.50. The maximum Gasteiger partial charge on any atom is 0.275 e. The molecule has 0 spiro atoms. The summed E-state index contributed by atoms with van der Waals surface area (Å²) < 4.78 is 5.26. The van der Waals surface area contributed by atoms with Crippen molar-refractivity contribution in [2.75, 3.05) is 17.7 Å². The van der Waals surface area contributed by atoms with Gasteiger partial charge in [0.1, 0.15) is 23.3 Å². The molecule has 0 atom stereocenters. The summed E-state index contributed by atoms with van der Waals surface area (Å²) in [5.41, 5.74) is 1.52. The van der Waals surface area contributed by atoms with Crippen LogP contribution < -0.4 is 15.4 Å². The number of hydrogen-bond donors (Lipinski definition) is 2. The van der Waals surface area contributed by atoms with E-state index in [1.54, 1.807) is 49.6 Å². The highest BCUT2D eigenvalue weighted by Crippen LogP contribution is 2.29. The number of nitrogens with zero attached hydrogens (tertiary/aromatic N) is 3. The van der Waals surface area contributed by atoms with Crippen molar-refractivity contribution >= 4 is 34.7 Å². The minimum Gasteiger partial charge on any atom is -0.495 e. The van der Waals surface area contributed by atoms with Gasteiger partial charge in [-0.1, -0.05) is 23.7 Å². The van der Waals surface area contributed by atoms with Crippen molar-refractivity contribution in [3.05, 3.63) is 71.1 Å². The van der Waals surface area contributed by atoms with Gasteiger partial charge in [-0.2, -0.15) is 5.26 Å². The summed E-state index contributed by atoms with van der Waals surface area (Å²) in [6, 6.07) is 13.9. The monoisotopic (exact) mass is 379 g/mol. The van der Waals surface area contributed by atoms with Crippen LogP contribution in [0.3, 0.4) is 0 Å². The summed E-state index contributed by atoms with van der Waals surface area (Å²) in [5, 5.41) is 15.3. The second-order valence-electron chi connectivity index (χ2n) is 5.37. The summed E-state index contributed by atoms with van der Waals surface area (Å²) in [6.07, 6.45) is 2.76. The van der Waals surface area contributed by atoms with Gasteiger partial charge in [0, 0.05) is 5.02 Å². The van der Waals surface area contributed by atoms with Crippen LogP contribution in [0.5, 0.6) is 5.75 Å². The summed E-state index contributed by atoms with van der Waals surface area (Å²) in [5.74, 6) is 0.553. The number of anilines is 3. The molecule has 0 aliphatic carbocycles. The van der Waals surface area contributed by atoms with Crippen LogP contribution in [0.1, 0.15) is 16.1 Å². The minimum absolute atomic E-state index is 0.117. The van der Waals surface area contributed by atoms with Gasteiger partial charge in [-0.15, -0.1) is 0 Å². The molecule has 134 valence electrons. The molecule has 0 radical (unpaired) electrons. The Bertz CT molecular complexity index is 1020. The number of aromatic nitrogens is 2. The van der Waals surface area contributed by atoms with Crippen molar-refractivity contribution in [2.45, 2.75) is 0 Å². The number of amides is 1. The van der Waals surface area contributed by atoms with Crippen molar-refractivity contribution in [1.29, 1.82) is 5.26 Å². The highest BCUT2D eigenvalue weighted by molar-refractivity contribution is 6.31. The van der Waals surface area contributed by atoms with E-state index in [-0.39, 0.29) is 5.69 Å². The summed E-state index contributed by atoms with van der Waals surface area (Å²) in [6.45, 7) is 0. The molecule has 0 saturated carbocycles. The van der Waals surface area contributed by atoms with Gasteiger partial charge in [-0.05, 0) is 30.3 Å². The summed E-state index contributed by atoms with van der Waals surface area (Å²) >= 11 is 6.00. The number of methoxy groups -OCH3 is 1. The molecular formula is C19H14ClN5O2. The molecule has 0 aliphatic heterocycles. The molecule has 1 heterocycles. The average molecular weight is 380 g/mol. The normalized spacial score (nSPS) is 9.96.